The standard InChI is InChI=1S/C10H4Br2N2S2/c11-5-1-3-7(13)8(14)4-2-6(12)16-10(4)9(3)15-5/h1-2,13-14H. The quantitative estimate of drug-likeness (QED) is 0.667. The minimum atomic E-state index is 0.315. The Kier molecular flexibility index (Phi) is 2.43. The van der Waals surface area contributed by atoms with Gasteiger partial charge in [-0.3, -0.25) is 10.8 Å². The fourth-order valence-corrected chi connectivity index (χ4v) is 5.07. The first-order valence-corrected chi connectivity index (χ1v) is 7.57. The van der Waals surface area contributed by atoms with E-state index in [0.29, 0.717) is 11.4 Å². The Bertz CT molecular complexity index is 583. The minimum absolute atomic E-state index is 0.315. The van der Waals surface area contributed by atoms with E-state index in [-0.39, 0.29) is 0 Å². The van der Waals surface area contributed by atoms with E-state index in [4.69, 9.17) is 10.8 Å². The average molecular weight is 376 g/mol. The number of halogens is 2. The van der Waals surface area contributed by atoms with Gasteiger partial charge in [-0.2, -0.15) is 0 Å². The molecule has 3 rings (SSSR count). The van der Waals surface area contributed by atoms with Crippen LogP contribution in [0.5, 0.6) is 0 Å². The van der Waals surface area contributed by atoms with Crippen LogP contribution in [-0.4, -0.2) is 11.4 Å². The van der Waals surface area contributed by atoms with Crippen molar-refractivity contribution in [2.45, 2.75) is 0 Å². The van der Waals surface area contributed by atoms with Crippen LogP contribution in [0.3, 0.4) is 0 Å². The second kappa shape index (κ2) is 3.60. The van der Waals surface area contributed by atoms with Crippen LogP contribution in [0.2, 0.25) is 0 Å². The van der Waals surface area contributed by atoms with E-state index in [0.717, 1.165) is 28.5 Å². The Morgan fingerprint density at radius 2 is 1.19 bits per heavy atom. The normalized spacial score (nSPS) is 13.9. The van der Waals surface area contributed by atoms with Gasteiger partial charge in [-0.05, 0) is 44.0 Å². The molecule has 2 N–H and O–H groups in total. The van der Waals surface area contributed by atoms with Gasteiger partial charge in [0, 0.05) is 11.1 Å². The summed E-state index contributed by atoms with van der Waals surface area (Å²) in [4.78, 5) is 2.19. The molecule has 2 aromatic rings. The van der Waals surface area contributed by atoms with Gasteiger partial charge in [0.1, 0.15) is 0 Å². The molecule has 0 fully saturated rings. The zero-order chi connectivity index (χ0) is 11.4. The van der Waals surface area contributed by atoms with Crippen molar-refractivity contribution in [3.8, 4) is 9.75 Å². The summed E-state index contributed by atoms with van der Waals surface area (Å²) in [5.41, 5.74) is 2.36. The van der Waals surface area contributed by atoms with Crippen LogP contribution >= 0.6 is 54.5 Å². The second-order valence-electron chi connectivity index (χ2n) is 3.34. The summed E-state index contributed by atoms with van der Waals surface area (Å²) in [6, 6.07) is 3.85. The summed E-state index contributed by atoms with van der Waals surface area (Å²) in [5.74, 6) is 0. The van der Waals surface area contributed by atoms with Crippen LogP contribution in [0.15, 0.2) is 19.7 Å². The van der Waals surface area contributed by atoms with Gasteiger partial charge in [-0.25, -0.2) is 0 Å². The van der Waals surface area contributed by atoms with Gasteiger partial charge in [-0.1, -0.05) is 0 Å². The summed E-state index contributed by atoms with van der Waals surface area (Å²) >= 11 is 10.1. The fourth-order valence-electron chi connectivity index (χ4n) is 1.70. The third kappa shape index (κ3) is 1.40. The lowest BCUT2D eigenvalue weighted by Crippen LogP contribution is -2.18. The highest BCUT2D eigenvalue weighted by Gasteiger charge is 2.29. The maximum absolute atomic E-state index is 7.98. The molecule has 6 heteroatoms. The van der Waals surface area contributed by atoms with Gasteiger partial charge in [0.25, 0.3) is 0 Å². The minimum Gasteiger partial charge on any atom is -0.298 e. The SMILES string of the molecule is N=C1C(=N)c2cc(Br)sc2-c2sc(Br)cc21. The van der Waals surface area contributed by atoms with E-state index in [1.165, 1.54) is 0 Å². The maximum Gasteiger partial charge on any atom is 0.0883 e. The Hall–Kier alpha value is -0.300. The molecule has 2 aromatic heterocycles. The molecule has 0 atom stereocenters. The van der Waals surface area contributed by atoms with Crippen molar-refractivity contribution in [1.29, 1.82) is 10.8 Å². The maximum atomic E-state index is 7.98. The molecule has 1 aliphatic carbocycles. The molecular weight excluding hydrogens is 372 g/mol. The molecule has 0 radical (unpaired) electrons. The number of thiophene rings is 2. The van der Waals surface area contributed by atoms with Gasteiger partial charge < -0.3 is 0 Å². The summed E-state index contributed by atoms with van der Waals surface area (Å²) in [6.45, 7) is 0. The van der Waals surface area contributed by atoms with E-state index >= 15 is 0 Å². The molecule has 2 nitrogen and oxygen atoms in total. The average Bonchev–Trinajstić information content (AvgIpc) is 2.78. The van der Waals surface area contributed by atoms with Crippen molar-refractivity contribution in [2.75, 3.05) is 0 Å². The summed E-state index contributed by atoms with van der Waals surface area (Å²) in [5, 5.41) is 16.0. The first-order chi connectivity index (χ1) is 7.58. The molecule has 0 saturated heterocycles. The monoisotopic (exact) mass is 374 g/mol. The largest absolute Gasteiger partial charge is 0.298 e. The molecule has 2 heterocycles. The van der Waals surface area contributed by atoms with E-state index in [1.807, 2.05) is 12.1 Å². The molecule has 0 aromatic carbocycles. The molecular formula is C10H4Br2N2S2. The smallest absolute Gasteiger partial charge is 0.0883 e. The van der Waals surface area contributed by atoms with Crippen molar-refractivity contribution in [3.05, 3.63) is 30.8 Å². The first kappa shape index (κ1) is 10.8. The molecule has 0 spiro atoms. The molecule has 0 aliphatic heterocycles. The van der Waals surface area contributed by atoms with Crippen LogP contribution in [0.1, 0.15) is 11.1 Å². The van der Waals surface area contributed by atoms with Crippen LogP contribution in [-0.2, 0) is 0 Å². The summed E-state index contributed by atoms with van der Waals surface area (Å²) in [6.07, 6.45) is 0. The Balaban J connectivity index is 2.40. The van der Waals surface area contributed by atoms with Gasteiger partial charge in [0.05, 0.1) is 28.8 Å². The highest BCUT2D eigenvalue weighted by Crippen LogP contribution is 2.46. The van der Waals surface area contributed by atoms with Gasteiger partial charge in [-0.15, -0.1) is 22.7 Å². The Labute approximate surface area is 117 Å². The van der Waals surface area contributed by atoms with Crippen molar-refractivity contribution < 1.29 is 0 Å². The first-order valence-electron chi connectivity index (χ1n) is 4.35. The van der Waals surface area contributed by atoms with Gasteiger partial charge in [0.2, 0.25) is 0 Å². The van der Waals surface area contributed by atoms with Crippen molar-refractivity contribution in [1.82, 2.24) is 0 Å². The predicted molar refractivity (Wildman–Crippen MR) is 76.7 cm³/mol. The zero-order valence-corrected chi connectivity index (χ0v) is 12.5. The van der Waals surface area contributed by atoms with E-state index in [2.05, 4.69) is 31.9 Å². The van der Waals surface area contributed by atoms with Crippen LogP contribution < -0.4 is 0 Å². The van der Waals surface area contributed by atoms with Crippen LogP contribution in [0, 0.1) is 10.8 Å². The molecule has 80 valence electrons. The Morgan fingerprint density at radius 1 is 0.812 bits per heavy atom. The zero-order valence-electron chi connectivity index (χ0n) is 7.73. The number of hydrogen-bond acceptors (Lipinski definition) is 4. The van der Waals surface area contributed by atoms with Crippen molar-refractivity contribution >= 4 is 66.0 Å². The third-order valence-corrected chi connectivity index (χ3v) is 5.84. The molecule has 0 amide bonds. The predicted octanol–water partition coefficient (Wildman–Crippen LogP) is 4.75. The van der Waals surface area contributed by atoms with Crippen LogP contribution in [0.25, 0.3) is 9.75 Å². The highest BCUT2D eigenvalue weighted by atomic mass is 79.9. The third-order valence-electron chi connectivity index (χ3n) is 2.40. The van der Waals surface area contributed by atoms with Crippen molar-refractivity contribution in [3.63, 3.8) is 0 Å². The van der Waals surface area contributed by atoms with Gasteiger partial charge >= 0.3 is 0 Å². The van der Waals surface area contributed by atoms with Crippen molar-refractivity contribution in [2.24, 2.45) is 0 Å². The number of nitrogens with one attached hydrogen (secondary N) is 2. The molecule has 0 saturated carbocycles. The molecule has 1 aliphatic rings. The lowest BCUT2D eigenvalue weighted by molar-refractivity contribution is 1.46. The summed E-state index contributed by atoms with van der Waals surface area (Å²) in [7, 11) is 0. The lowest BCUT2D eigenvalue weighted by atomic mass is 9.94. The molecule has 0 unspecified atom stereocenters. The summed E-state index contributed by atoms with van der Waals surface area (Å²) < 4.78 is 2.01. The van der Waals surface area contributed by atoms with Gasteiger partial charge in [0.15, 0.2) is 0 Å². The lowest BCUT2D eigenvalue weighted by Gasteiger charge is -2.13. The second-order valence-corrected chi connectivity index (χ2v) is 8.20. The fraction of sp³-hybridized carbons (Fsp3) is 0. The molecule has 16 heavy (non-hydrogen) atoms. The van der Waals surface area contributed by atoms with Crippen LogP contribution in [0.4, 0.5) is 0 Å². The Morgan fingerprint density at radius 3 is 1.56 bits per heavy atom. The topological polar surface area (TPSA) is 47.7 Å². The number of rotatable bonds is 0. The molecule has 0 bridgehead atoms. The highest BCUT2D eigenvalue weighted by molar-refractivity contribution is 9.11. The van der Waals surface area contributed by atoms with E-state index in [1.54, 1.807) is 22.7 Å². The number of hydrogen-bond donors (Lipinski definition) is 2. The number of fused-ring (bicyclic) bond motifs is 3. The van der Waals surface area contributed by atoms with E-state index < -0.39 is 0 Å². The van der Waals surface area contributed by atoms with E-state index in [9.17, 15) is 0 Å².